The number of hydrogen-bond donors (Lipinski definition) is 2. The second kappa shape index (κ2) is 7.90. The molecule has 29 heavy (non-hydrogen) atoms. The number of para-hydroxylation sites is 1. The molecule has 4 nitrogen and oxygen atoms in total. The van der Waals surface area contributed by atoms with Crippen LogP contribution in [0.1, 0.15) is 15.9 Å². The Labute approximate surface area is 169 Å². The van der Waals surface area contributed by atoms with Crippen LogP contribution in [0.25, 0.3) is 11.1 Å². The van der Waals surface area contributed by atoms with E-state index in [1.807, 2.05) is 66.7 Å². The van der Waals surface area contributed by atoms with Crippen molar-refractivity contribution in [3.63, 3.8) is 0 Å². The molecule has 142 valence electrons. The molecule has 0 bridgehead atoms. The van der Waals surface area contributed by atoms with Crippen LogP contribution < -0.4 is 16.2 Å². The largest absolute Gasteiger partial charge is 0.456 e. The minimum absolute atomic E-state index is 0.0936. The van der Waals surface area contributed by atoms with Gasteiger partial charge in [0.05, 0.1) is 5.56 Å². The maximum absolute atomic E-state index is 12.9. The maximum Gasteiger partial charge on any atom is 0.196 e. The van der Waals surface area contributed by atoms with E-state index in [0.29, 0.717) is 34.0 Å². The zero-order chi connectivity index (χ0) is 20.2. The molecule has 4 aromatic carbocycles. The van der Waals surface area contributed by atoms with E-state index < -0.39 is 0 Å². The monoisotopic (exact) mass is 380 g/mol. The van der Waals surface area contributed by atoms with Gasteiger partial charge in [-0.3, -0.25) is 4.79 Å². The molecular formula is C25H20N2O2. The summed E-state index contributed by atoms with van der Waals surface area (Å²) in [4.78, 5) is 12.9. The summed E-state index contributed by atoms with van der Waals surface area (Å²) < 4.78 is 6.09. The summed E-state index contributed by atoms with van der Waals surface area (Å²) in [6.07, 6.45) is 0. The predicted octanol–water partition coefficient (Wildman–Crippen LogP) is 5.54. The molecule has 0 atom stereocenters. The van der Waals surface area contributed by atoms with Crippen LogP contribution in [0.4, 0.5) is 11.4 Å². The summed E-state index contributed by atoms with van der Waals surface area (Å²) in [5, 5.41) is 0. The summed E-state index contributed by atoms with van der Waals surface area (Å²) in [5.74, 6) is 0.948. The Morgan fingerprint density at radius 2 is 1.34 bits per heavy atom. The normalized spacial score (nSPS) is 10.5. The van der Waals surface area contributed by atoms with Crippen LogP contribution in [0.5, 0.6) is 11.5 Å². The summed E-state index contributed by atoms with van der Waals surface area (Å²) in [5.41, 5.74) is 16.1. The number of nitrogens with two attached hydrogens (primary N) is 2. The minimum Gasteiger partial charge on any atom is -0.456 e. The van der Waals surface area contributed by atoms with Gasteiger partial charge >= 0.3 is 0 Å². The predicted molar refractivity (Wildman–Crippen MR) is 117 cm³/mol. The molecule has 0 unspecified atom stereocenters. The Balaban J connectivity index is 1.68. The molecule has 0 heterocycles. The van der Waals surface area contributed by atoms with E-state index in [1.165, 1.54) is 0 Å². The Hall–Kier alpha value is -4.05. The highest BCUT2D eigenvalue weighted by Gasteiger charge is 2.15. The average molecular weight is 380 g/mol. The minimum atomic E-state index is -0.0936. The molecule has 4 N–H and O–H groups in total. The Bertz CT molecular complexity index is 1150. The van der Waals surface area contributed by atoms with Crippen molar-refractivity contribution in [2.24, 2.45) is 0 Å². The Morgan fingerprint density at radius 1 is 0.655 bits per heavy atom. The fourth-order valence-corrected chi connectivity index (χ4v) is 3.14. The third-order valence-electron chi connectivity index (χ3n) is 4.57. The standard InChI is InChI=1S/C25H20N2O2/c26-20-12-10-17(11-13-20)19-14-21(27)16-22(15-19)29-24-9-5-4-8-23(24)25(28)18-6-2-1-3-7-18/h1-16H,26-27H2. The number of nitrogen functional groups attached to an aromatic ring is 2. The first-order valence-corrected chi connectivity index (χ1v) is 9.23. The Kier molecular flexibility index (Phi) is 4.99. The van der Waals surface area contributed by atoms with Gasteiger partial charge in [0.1, 0.15) is 11.5 Å². The van der Waals surface area contributed by atoms with Crippen molar-refractivity contribution in [2.75, 3.05) is 11.5 Å². The van der Waals surface area contributed by atoms with Gasteiger partial charge in [0.15, 0.2) is 5.78 Å². The third-order valence-corrected chi connectivity index (χ3v) is 4.57. The fraction of sp³-hybridized carbons (Fsp3) is 0. The second-order valence-corrected chi connectivity index (χ2v) is 6.71. The lowest BCUT2D eigenvalue weighted by molar-refractivity contribution is 0.103. The molecule has 0 saturated heterocycles. The van der Waals surface area contributed by atoms with E-state index in [9.17, 15) is 4.79 Å². The number of ether oxygens (including phenoxy) is 1. The molecule has 4 aromatic rings. The zero-order valence-electron chi connectivity index (χ0n) is 15.7. The third kappa shape index (κ3) is 4.12. The van der Waals surface area contributed by atoms with Crippen molar-refractivity contribution in [3.05, 3.63) is 108 Å². The fourth-order valence-electron chi connectivity index (χ4n) is 3.14. The summed E-state index contributed by atoms with van der Waals surface area (Å²) >= 11 is 0. The number of hydrogen-bond acceptors (Lipinski definition) is 4. The molecule has 0 spiro atoms. The SMILES string of the molecule is Nc1ccc(-c2cc(N)cc(Oc3ccccc3C(=O)c3ccccc3)c2)cc1. The topological polar surface area (TPSA) is 78.3 Å². The van der Waals surface area contributed by atoms with Gasteiger partial charge in [-0.25, -0.2) is 0 Å². The van der Waals surface area contributed by atoms with Gasteiger partial charge in [0.25, 0.3) is 0 Å². The molecule has 0 aliphatic heterocycles. The molecule has 0 saturated carbocycles. The van der Waals surface area contributed by atoms with Crippen molar-refractivity contribution in [2.45, 2.75) is 0 Å². The van der Waals surface area contributed by atoms with E-state index in [0.717, 1.165) is 11.1 Å². The Morgan fingerprint density at radius 3 is 2.10 bits per heavy atom. The molecule has 0 fully saturated rings. The lowest BCUT2D eigenvalue weighted by atomic mass is 10.0. The van der Waals surface area contributed by atoms with Gasteiger partial charge in [-0.2, -0.15) is 0 Å². The van der Waals surface area contributed by atoms with E-state index in [2.05, 4.69) is 0 Å². The summed E-state index contributed by atoms with van der Waals surface area (Å²) in [6, 6.07) is 29.4. The zero-order valence-corrected chi connectivity index (χ0v) is 15.7. The highest BCUT2D eigenvalue weighted by Crippen LogP contribution is 2.32. The van der Waals surface area contributed by atoms with Crippen molar-refractivity contribution in [3.8, 4) is 22.6 Å². The van der Waals surface area contributed by atoms with Gasteiger partial charge in [0, 0.05) is 23.0 Å². The molecule has 0 aliphatic carbocycles. The first-order valence-electron chi connectivity index (χ1n) is 9.23. The molecule has 4 heteroatoms. The van der Waals surface area contributed by atoms with Crippen LogP contribution in [0.2, 0.25) is 0 Å². The number of ketones is 1. The van der Waals surface area contributed by atoms with Crippen LogP contribution in [0, 0.1) is 0 Å². The van der Waals surface area contributed by atoms with Crippen LogP contribution >= 0.6 is 0 Å². The van der Waals surface area contributed by atoms with Crippen molar-refractivity contribution in [1.29, 1.82) is 0 Å². The molecule has 0 amide bonds. The number of benzene rings is 4. The van der Waals surface area contributed by atoms with Gasteiger partial charge in [-0.1, -0.05) is 54.6 Å². The average Bonchev–Trinajstić information content (AvgIpc) is 2.74. The van der Waals surface area contributed by atoms with E-state index in [1.54, 1.807) is 30.3 Å². The maximum atomic E-state index is 12.9. The summed E-state index contributed by atoms with van der Waals surface area (Å²) in [7, 11) is 0. The number of anilines is 2. The van der Waals surface area contributed by atoms with Crippen molar-refractivity contribution < 1.29 is 9.53 Å². The quantitative estimate of drug-likeness (QED) is 0.352. The van der Waals surface area contributed by atoms with Crippen LogP contribution in [0.3, 0.4) is 0 Å². The first kappa shape index (κ1) is 18.3. The van der Waals surface area contributed by atoms with E-state index in [-0.39, 0.29) is 5.78 Å². The van der Waals surface area contributed by atoms with Crippen LogP contribution in [0.15, 0.2) is 97.1 Å². The van der Waals surface area contributed by atoms with Crippen molar-refractivity contribution >= 4 is 17.2 Å². The van der Waals surface area contributed by atoms with Crippen LogP contribution in [-0.4, -0.2) is 5.78 Å². The number of carbonyl (C=O) groups excluding carboxylic acids is 1. The second-order valence-electron chi connectivity index (χ2n) is 6.71. The van der Waals surface area contributed by atoms with E-state index >= 15 is 0 Å². The summed E-state index contributed by atoms with van der Waals surface area (Å²) in [6.45, 7) is 0. The van der Waals surface area contributed by atoms with Gasteiger partial charge in [-0.15, -0.1) is 0 Å². The number of rotatable bonds is 5. The lowest BCUT2D eigenvalue weighted by Crippen LogP contribution is -2.03. The molecule has 0 aromatic heterocycles. The van der Waals surface area contributed by atoms with Gasteiger partial charge < -0.3 is 16.2 Å². The highest BCUT2D eigenvalue weighted by atomic mass is 16.5. The smallest absolute Gasteiger partial charge is 0.196 e. The molecular weight excluding hydrogens is 360 g/mol. The van der Waals surface area contributed by atoms with Gasteiger partial charge in [-0.05, 0) is 47.5 Å². The lowest BCUT2D eigenvalue weighted by Gasteiger charge is -2.13. The molecule has 0 aliphatic rings. The van der Waals surface area contributed by atoms with Gasteiger partial charge in [0.2, 0.25) is 0 Å². The van der Waals surface area contributed by atoms with Crippen LogP contribution in [-0.2, 0) is 0 Å². The molecule has 4 rings (SSSR count). The highest BCUT2D eigenvalue weighted by molar-refractivity contribution is 6.10. The number of carbonyl (C=O) groups is 1. The molecule has 0 radical (unpaired) electrons. The van der Waals surface area contributed by atoms with E-state index in [4.69, 9.17) is 16.2 Å². The van der Waals surface area contributed by atoms with Crippen molar-refractivity contribution in [1.82, 2.24) is 0 Å². The first-order chi connectivity index (χ1) is 14.1.